The van der Waals surface area contributed by atoms with Crippen LogP contribution >= 0.6 is 11.6 Å². The van der Waals surface area contributed by atoms with Gasteiger partial charge in [0.15, 0.2) is 5.82 Å². The molecule has 0 bridgehead atoms. The Hall–Kier alpha value is -2.76. The van der Waals surface area contributed by atoms with Gasteiger partial charge in [0.05, 0.1) is 18.8 Å². The van der Waals surface area contributed by atoms with Crippen molar-refractivity contribution in [3.05, 3.63) is 64.1 Å². The highest BCUT2D eigenvalue weighted by Crippen LogP contribution is 2.56. The van der Waals surface area contributed by atoms with Gasteiger partial charge in [-0.3, -0.25) is 9.47 Å². The zero-order valence-electron chi connectivity index (χ0n) is 20.4. The van der Waals surface area contributed by atoms with Crippen LogP contribution < -0.4 is 4.90 Å². The average molecular weight is 549 g/mol. The highest BCUT2D eigenvalue weighted by Gasteiger charge is 2.54. The molecule has 3 aromatic rings. The lowest BCUT2D eigenvalue weighted by molar-refractivity contribution is -0.140. The summed E-state index contributed by atoms with van der Waals surface area (Å²) < 4.78 is 60.4. The van der Waals surface area contributed by atoms with Crippen molar-refractivity contribution >= 4 is 17.4 Å². The number of rotatable bonds is 3. The molecule has 4 aliphatic rings. The minimum absolute atomic E-state index is 0.0265. The second-order valence-corrected chi connectivity index (χ2v) is 11.4. The van der Waals surface area contributed by atoms with Crippen LogP contribution in [0.25, 0.3) is 5.69 Å². The molecular formula is C26H25ClF4N6O. The van der Waals surface area contributed by atoms with E-state index < -0.39 is 17.7 Å². The smallest absolute Gasteiger partial charge is 0.380 e. The number of hydrogen-bond donors (Lipinski definition) is 0. The maximum absolute atomic E-state index is 14.0. The molecule has 200 valence electrons. The number of nitrogens with zero attached hydrogens (tertiary/aromatic N) is 6. The summed E-state index contributed by atoms with van der Waals surface area (Å²) >= 11 is 6.38. The summed E-state index contributed by atoms with van der Waals surface area (Å²) in [6.07, 6.45) is -2.01. The lowest BCUT2D eigenvalue weighted by atomic mass is 9.57. The van der Waals surface area contributed by atoms with Crippen molar-refractivity contribution in [3.63, 3.8) is 0 Å². The number of ether oxygens (including phenoxy) is 1. The van der Waals surface area contributed by atoms with E-state index in [1.54, 1.807) is 0 Å². The van der Waals surface area contributed by atoms with Crippen molar-refractivity contribution in [2.24, 2.45) is 5.41 Å². The van der Waals surface area contributed by atoms with Gasteiger partial charge in [-0.15, -0.1) is 10.2 Å². The first-order valence-electron chi connectivity index (χ1n) is 12.7. The van der Waals surface area contributed by atoms with Gasteiger partial charge in [0.25, 0.3) is 0 Å². The standard InChI is InChI=1S/C26H25ClF4N6O/c27-17-1-3-20-15(7-17)10-35(18-5-6-38-12-18)11-22-33-34-24(37(20)22)16-8-25(9-16)13-36(14-25)21-4-2-19(23(28)32-21)26(29,30)31/h1-4,7,16,18H,5-6,8-14H2/t18-/m1/s1. The van der Waals surface area contributed by atoms with Crippen molar-refractivity contribution < 1.29 is 22.3 Å². The van der Waals surface area contributed by atoms with Crippen molar-refractivity contribution in [3.8, 4) is 5.69 Å². The van der Waals surface area contributed by atoms with Crippen LogP contribution in [0.5, 0.6) is 0 Å². The Balaban J connectivity index is 1.10. The minimum atomic E-state index is -4.75. The van der Waals surface area contributed by atoms with E-state index in [1.165, 1.54) is 6.07 Å². The summed E-state index contributed by atoms with van der Waals surface area (Å²) in [5.41, 5.74) is 0.863. The van der Waals surface area contributed by atoms with Gasteiger partial charge in [-0.2, -0.15) is 17.6 Å². The van der Waals surface area contributed by atoms with Gasteiger partial charge in [0, 0.05) is 48.6 Å². The molecule has 2 saturated heterocycles. The molecule has 7 nitrogen and oxygen atoms in total. The molecule has 1 spiro atoms. The third-order valence-electron chi connectivity index (χ3n) is 8.42. The Morgan fingerprint density at radius 1 is 1.05 bits per heavy atom. The predicted molar refractivity (Wildman–Crippen MR) is 131 cm³/mol. The fraction of sp³-hybridized carbons (Fsp3) is 0.500. The van der Waals surface area contributed by atoms with Gasteiger partial charge in [0.1, 0.15) is 17.2 Å². The van der Waals surface area contributed by atoms with Crippen LogP contribution in [-0.4, -0.2) is 57.0 Å². The van der Waals surface area contributed by atoms with E-state index in [0.717, 1.165) is 61.4 Å². The number of fused-ring (bicyclic) bond motifs is 3. The van der Waals surface area contributed by atoms with Crippen molar-refractivity contribution in [1.29, 1.82) is 0 Å². The van der Waals surface area contributed by atoms with E-state index in [2.05, 4.69) is 24.6 Å². The lowest BCUT2D eigenvalue weighted by Gasteiger charge is -2.59. The molecule has 1 aliphatic carbocycles. The summed E-state index contributed by atoms with van der Waals surface area (Å²) in [6, 6.07) is 8.28. The minimum Gasteiger partial charge on any atom is -0.380 e. The normalized spacial score (nSPS) is 23.1. The highest BCUT2D eigenvalue weighted by atomic mass is 35.5. The third kappa shape index (κ3) is 3.97. The zero-order valence-corrected chi connectivity index (χ0v) is 21.1. The van der Waals surface area contributed by atoms with Gasteiger partial charge < -0.3 is 9.64 Å². The molecule has 0 unspecified atom stereocenters. The van der Waals surface area contributed by atoms with Crippen molar-refractivity contribution in [1.82, 2.24) is 24.6 Å². The van der Waals surface area contributed by atoms with E-state index >= 15 is 0 Å². The summed E-state index contributed by atoms with van der Waals surface area (Å²) in [4.78, 5) is 7.81. The molecule has 1 saturated carbocycles. The molecule has 7 rings (SSSR count). The van der Waals surface area contributed by atoms with Crippen LogP contribution in [0.3, 0.4) is 0 Å². The van der Waals surface area contributed by atoms with E-state index in [0.29, 0.717) is 37.3 Å². The van der Waals surface area contributed by atoms with Crippen molar-refractivity contribution in [2.75, 3.05) is 31.2 Å². The zero-order chi connectivity index (χ0) is 26.2. The maximum Gasteiger partial charge on any atom is 0.420 e. The number of pyridine rings is 1. The molecule has 38 heavy (non-hydrogen) atoms. The van der Waals surface area contributed by atoms with Gasteiger partial charge in [-0.25, -0.2) is 4.98 Å². The first kappa shape index (κ1) is 24.3. The van der Waals surface area contributed by atoms with E-state index in [4.69, 9.17) is 16.3 Å². The topological polar surface area (TPSA) is 59.3 Å². The number of alkyl halides is 3. The fourth-order valence-corrected chi connectivity index (χ4v) is 6.74. The third-order valence-corrected chi connectivity index (χ3v) is 8.65. The molecule has 0 amide bonds. The van der Waals surface area contributed by atoms with E-state index in [-0.39, 0.29) is 17.2 Å². The Morgan fingerprint density at radius 2 is 1.87 bits per heavy atom. The molecule has 2 aromatic heterocycles. The molecule has 5 heterocycles. The van der Waals surface area contributed by atoms with Gasteiger partial charge in [-0.1, -0.05) is 11.6 Å². The lowest BCUT2D eigenvalue weighted by Crippen LogP contribution is -2.62. The number of hydrogen-bond acceptors (Lipinski definition) is 6. The van der Waals surface area contributed by atoms with Crippen LogP contribution in [-0.2, 0) is 24.0 Å². The first-order chi connectivity index (χ1) is 18.2. The van der Waals surface area contributed by atoms with E-state index in [9.17, 15) is 17.6 Å². The van der Waals surface area contributed by atoms with Crippen LogP contribution in [0, 0.1) is 11.4 Å². The number of halogens is 5. The van der Waals surface area contributed by atoms with Gasteiger partial charge in [0.2, 0.25) is 5.95 Å². The average Bonchev–Trinajstić information content (AvgIpc) is 3.44. The summed E-state index contributed by atoms with van der Waals surface area (Å²) in [5.74, 6) is 0.790. The molecule has 12 heteroatoms. The van der Waals surface area contributed by atoms with E-state index in [1.807, 2.05) is 23.1 Å². The fourth-order valence-electron chi connectivity index (χ4n) is 6.55. The SMILES string of the molecule is Fc1nc(N2CC3(CC(c4nnc5n4-c4ccc(Cl)cc4CN([C@@H]4CCOC4)C5)C3)C2)ccc1C(F)(F)F. The van der Waals surface area contributed by atoms with Crippen LogP contribution in [0.2, 0.25) is 5.02 Å². The van der Waals surface area contributed by atoms with Crippen LogP contribution in [0.1, 0.15) is 48.0 Å². The molecule has 3 aliphatic heterocycles. The Bertz CT molecular complexity index is 1390. The van der Waals surface area contributed by atoms with Gasteiger partial charge in [-0.05, 0) is 55.2 Å². The molecule has 0 radical (unpaired) electrons. The number of benzene rings is 1. The largest absolute Gasteiger partial charge is 0.420 e. The first-order valence-corrected chi connectivity index (χ1v) is 13.1. The maximum atomic E-state index is 14.0. The molecule has 1 aromatic carbocycles. The quantitative estimate of drug-likeness (QED) is 0.341. The Labute approximate surface area is 221 Å². The molecular weight excluding hydrogens is 524 g/mol. The summed E-state index contributed by atoms with van der Waals surface area (Å²) in [6.45, 7) is 4.15. The van der Waals surface area contributed by atoms with Crippen molar-refractivity contribution in [2.45, 2.75) is 50.5 Å². The Morgan fingerprint density at radius 3 is 2.58 bits per heavy atom. The number of aromatic nitrogens is 4. The molecule has 1 atom stereocenters. The Kier molecular flexibility index (Phi) is 5.51. The number of anilines is 1. The second kappa shape index (κ2) is 8.62. The second-order valence-electron chi connectivity index (χ2n) is 11.0. The highest BCUT2D eigenvalue weighted by molar-refractivity contribution is 6.30. The molecule has 0 N–H and O–H groups in total. The van der Waals surface area contributed by atoms with Crippen LogP contribution in [0.4, 0.5) is 23.4 Å². The van der Waals surface area contributed by atoms with Crippen LogP contribution in [0.15, 0.2) is 30.3 Å². The summed E-state index contributed by atoms with van der Waals surface area (Å²) in [7, 11) is 0. The summed E-state index contributed by atoms with van der Waals surface area (Å²) in [5, 5.41) is 9.92. The monoisotopic (exact) mass is 548 g/mol. The molecule has 3 fully saturated rings. The van der Waals surface area contributed by atoms with Gasteiger partial charge >= 0.3 is 6.18 Å². The predicted octanol–water partition coefficient (Wildman–Crippen LogP) is 4.96.